The molecule has 1 N–H and O–H groups in total. The third-order valence-electron chi connectivity index (χ3n) is 4.44. The quantitative estimate of drug-likeness (QED) is 0.848. The second-order valence-electron chi connectivity index (χ2n) is 6.47. The number of hydrogen-bond acceptors (Lipinski definition) is 3. The van der Waals surface area contributed by atoms with Gasteiger partial charge in [0.2, 0.25) is 5.95 Å². The summed E-state index contributed by atoms with van der Waals surface area (Å²) < 4.78 is 0. The predicted octanol–water partition coefficient (Wildman–Crippen LogP) is 4.68. The molecule has 3 nitrogen and oxygen atoms in total. The molecular formula is C17H29N3. The molecule has 1 aromatic rings. The predicted molar refractivity (Wildman–Crippen MR) is 85.1 cm³/mol. The van der Waals surface area contributed by atoms with Crippen molar-refractivity contribution < 1.29 is 0 Å². The topological polar surface area (TPSA) is 37.8 Å². The molecular weight excluding hydrogens is 246 g/mol. The van der Waals surface area contributed by atoms with E-state index in [0.717, 1.165) is 29.7 Å². The van der Waals surface area contributed by atoms with Gasteiger partial charge >= 0.3 is 0 Å². The summed E-state index contributed by atoms with van der Waals surface area (Å²) in [6.07, 6.45) is 8.04. The van der Waals surface area contributed by atoms with Gasteiger partial charge in [0.25, 0.3) is 0 Å². The summed E-state index contributed by atoms with van der Waals surface area (Å²) in [5, 5.41) is 3.61. The molecule has 1 aliphatic carbocycles. The Morgan fingerprint density at radius 1 is 1.20 bits per heavy atom. The van der Waals surface area contributed by atoms with Gasteiger partial charge in [0.15, 0.2) is 0 Å². The zero-order chi connectivity index (χ0) is 14.5. The highest BCUT2D eigenvalue weighted by Gasteiger charge is 2.23. The molecule has 1 aliphatic rings. The Hall–Kier alpha value is -1.12. The van der Waals surface area contributed by atoms with E-state index in [9.17, 15) is 0 Å². The minimum atomic E-state index is 0.451. The van der Waals surface area contributed by atoms with Crippen LogP contribution in [0.5, 0.6) is 0 Å². The number of anilines is 1. The molecule has 1 aromatic heterocycles. The molecule has 1 unspecified atom stereocenters. The Bertz CT molecular complexity index is 422. The highest BCUT2D eigenvalue weighted by atomic mass is 15.1. The van der Waals surface area contributed by atoms with Crippen molar-refractivity contribution in [1.29, 1.82) is 0 Å². The normalized spacial score (nSPS) is 18.2. The number of nitrogens with one attached hydrogen (secondary N) is 1. The van der Waals surface area contributed by atoms with Crippen molar-refractivity contribution in [2.75, 3.05) is 5.32 Å². The molecule has 0 bridgehead atoms. The zero-order valence-corrected chi connectivity index (χ0v) is 13.4. The molecule has 0 aliphatic heterocycles. The van der Waals surface area contributed by atoms with E-state index in [1.165, 1.54) is 32.1 Å². The molecule has 1 fully saturated rings. The van der Waals surface area contributed by atoms with Crippen LogP contribution in [0.1, 0.15) is 76.6 Å². The lowest BCUT2D eigenvalue weighted by Crippen LogP contribution is -2.31. The zero-order valence-electron chi connectivity index (χ0n) is 13.4. The Kier molecular flexibility index (Phi) is 5.38. The van der Waals surface area contributed by atoms with Gasteiger partial charge in [0.1, 0.15) is 0 Å². The van der Waals surface area contributed by atoms with Crippen LogP contribution in [0, 0.1) is 12.8 Å². The highest BCUT2D eigenvalue weighted by Crippen LogP contribution is 2.29. The second-order valence-corrected chi connectivity index (χ2v) is 6.47. The van der Waals surface area contributed by atoms with Crippen molar-refractivity contribution in [2.45, 2.75) is 78.2 Å². The maximum Gasteiger partial charge on any atom is 0.223 e. The van der Waals surface area contributed by atoms with Crippen LogP contribution >= 0.6 is 0 Å². The van der Waals surface area contributed by atoms with E-state index < -0.39 is 0 Å². The van der Waals surface area contributed by atoms with E-state index in [2.05, 4.69) is 44.1 Å². The first kappa shape index (κ1) is 15.3. The molecule has 0 radical (unpaired) electrons. The van der Waals surface area contributed by atoms with Crippen LogP contribution in [0.4, 0.5) is 5.95 Å². The maximum atomic E-state index is 4.69. The van der Waals surface area contributed by atoms with E-state index >= 15 is 0 Å². The third kappa shape index (κ3) is 3.94. The van der Waals surface area contributed by atoms with Gasteiger partial charge in [-0.25, -0.2) is 9.97 Å². The minimum Gasteiger partial charge on any atom is -0.351 e. The van der Waals surface area contributed by atoms with E-state index in [1.54, 1.807) is 0 Å². The summed E-state index contributed by atoms with van der Waals surface area (Å²) in [6.45, 7) is 8.69. The van der Waals surface area contributed by atoms with Crippen LogP contribution < -0.4 is 5.32 Å². The fourth-order valence-electron chi connectivity index (χ4n) is 3.21. The fourth-order valence-corrected chi connectivity index (χ4v) is 3.21. The summed E-state index contributed by atoms with van der Waals surface area (Å²) in [6, 6.07) is 2.62. The lowest BCUT2D eigenvalue weighted by atomic mass is 9.83. The SMILES string of the molecule is CCC(Nc1nc(C)cc(C(C)C)n1)C1CCCCC1. The van der Waals surface area contributed by atoms with Crippen molar-refractivity contribution in [3.63, 3.8) is 0 Å². The van der Waals surface area contributed by atoms with E-state index in [4.69, 9.17) is 4.98 Å². The summed E-state index contributed by atoms with van der Waals surface area (Å²) in [5.41, 5.74) is 2.20. The summed E-state index contributed by atoms with van der Waals surface area (Å²) in [4.78, 5) is 9.27. The van der Waals surface area contributed by atoms with Gasteiger partial charge in [-0.1, -0.05) is 40.0 Å². The molecule has 0 aromatic carbocycles. The standard InChI is InChI=1S/C17H29N3/c1-5-15(14-9-7-6-8-10-14)19-17-18-13(4)11-16(20-17)12(2)3/h11-12,14-15H,5-10H2,1-4H3,(H,18,19,20). The Morgan fingerprint density at radius 2 is 1.90 bits per heavy atom. The number of aryl methyl sites for hydroxylation is 1. The van der Waals surface area contributed by atoms with Gasteiger partial charge in [-0.15, -0.1) is 0 Å². The maximum absolute atomic E-state index is 4.69. The lowest BCUT2D eigenvalue weighted by Gasteiger charge is -2.30. The van der Waals surface area contributed by atoms with Crippen molar-refractivity contribution >= 4 is 5.95 Å². The van der Waals surface area contributed by atoms with E-state index in [1.807, 2.05) is 0 Å². The number of aromatic nitrogens is 2. The molecule has 0 saturated heterocycles. The summed E-state index contributed by atoms with van der Waals surface area (Å²) in [7, 11) is 0. The molecule has 20 heavy (non-hydrogen) atoms. The van der Waals surface area contributed by atoms with Crippen molar-refractivity contribution in [1.82, 2.24) is 9.97 Å². The largest absolute Gasteiger partial charge is 0.351 e. The molecule has 1 atom stereocenters. The van der Waals surface area contributed by atoms with Gasteiger partial charge < -0.3 is 5.32 Å². The Morgan fingerprint density at radius 3 is 2.50 bits per heavy atom. The van der Waals surface area contributed by atoms with Gasteiger partial charge in [0, 0.05) is 17.4 Å². The fraction of sp³-hybridized carbons (Fsp3) is 0.765. The van der Waals surface area contributed by atoms with Gasteiger partial charge in [-0.3, -0.25) is 0 Å². The molecule has 0 spiro atoms. The smallest absolute Gasteiger partial charge is 0.223 e. The molecule has 3 heteroatoms. The number of rotatable bonds is 5. The number of hydrogen-bond donors (Lipinski definition) is 1. The van der Waals surface area contributed by atoms with Crippen LogP contribution in [-0.2, 0) is 0 Å². The minimum absolute atomic E-state index is 0.451. The summed E-state index contributed by atoms with van der Waals surface area (Å²) >= 11 is 0. The molecule has 1 saturated carbocycles. The first-order valence-electron chi connectivity index (χ1n) is 8.22. The second kappa shape index (κ2) is 7.05. The van der Waals surface area contributed by atoms with Crippen LogP contribution in [0.3, 0.4) is 0 Å². The van der Waals surface area contributed by atoms with Gasteiger partial charge in [-0.05, 0) is 44.1 Å². The van der Waals surface area contributed by atoms with Crippen LogP contribution in [0.2, 0.25) is 0 Å². The molecule has 0 amide bonds. The van der Waals surface area contributed by atoms with Crippen molar-refractivity contribution in [3.8, 4) is 0 Å². The average Bonchev–Trinajstić information content (AvgIpc) is 2.45. The number of nitrogens with zero attached hydrogens (tertiary/aromatic N) is 2. The first-order valence-corrected chi connectivity index (χ1v) is 8.22. The monoisotopic (exact) mass is 275 g/mol. The molecule has 2 rings (SSSR count). The molecule has 112 valence electrons. The van der Waals surface area contributed by atoms with E-state index in [0.29, 0.717) is 12.0 Å². The summed E-state index contributed by atoms with van der Waals surface area (Å²) in [5.74, 6) is 2.07. The average molecular weight is 275 g/mol. The molecule has 1 heterocycles. The van der Waals surface area contributed by atoms with Crippen molar-refractivity contribution in [3.05, 3.63) is 17.5 Å². The van der Waals surface area contributed by atoms with Gasteiger partial charge in [0.05, 0.1) is 0 Å². The van der Waals surface area contributed by atoms with Crippen LogP contribution in [0.15, 0.2) is 6.07 Å². The lowest BCUT2D eigenvalue weighted by molar-refractivity contribution is 0.312. The van der Waals surface area contributed by atoms with Gasteiger partial charge in [-0.2, -0.15) is 0 Å². The Balaban J connectivity index is 2.10. The third-order valence-corrected chi connectivity index (χ3v) is 4.44. The van der Waals surface area contributed by atoms with Crippen LogP contribution in [0.25, 0.3) is 0 Å². The van der Waals surface area contributed by atoms with Crippen molar-refractivity contribution in [2.24, 2.45) is 5.92 Å². The van der Waals surface area contributed by atoms with E-state index in [-0.39, 0.29) is 0 Å². The first-order chi connectivity index (χ1) is 9.60. The highest BCUT2D eigenvalue weighted by molar-refractivity contribution is 5.30. The van der Waals surface area contributed by atoms with Crippen LogP contribution in [-0.4, -0.2) is 16.0 Å². The Labute approximate surface area is 123 Å².